The molecule has 0 radical (unpaired) electrons. The number of ether oxygens (including phenoxy) is 1. The van der Waals surface area contributed by atoms with Crippen molar-refractivity contribution in [3.8, 4) is 0 Å². The van der Waals surface area contributed by atoms with Crippen LogP contribution in [0.1, 0.15) is 26.3 Å². The zero-order valence-corrected chi connectivity index (χ0v) is 10.7. The number of carbonyl (C=O) groups excluding carboxylic acids is 1. The third-order valence-corrected chi connectivity index (χ3v) is 2.45. The summed E-state index contributed by atoms with van der Waals surface area (Å²) in [5.41, 5.74) is 0.785. The first-order valence-electron chi connectivity index (χ1n) is 5.70. The summed E-state index contributed by atoms with van der Waals surface area (Å²) >= 11 is 0. The largest absolute Gasteiger partial charge is 0.443 e. The Labute approximate surface area is 105 Å². The predicted octanol–water partition coefficient (Wildman–Crippen LogP) is 2.31. The summed E-state index contributed by atoms with van der Waals surface area (Å²) in [7, 11) is 0. The summed E-state index contributed by atoms with van der Waals surface area (Å²) in [6.45, 7) is 5.29. The smallest absolute Gasteiger partial charge is 0.419 e. The Morgan fingerprint density at radius 2 is 2.22 bits per heavy atom. The van der Waals surface area contributed by atoms with Gasteiger partial charge in [-0.1, -0.05) is 0 Å². The Bertz CT molecular complexity index is 581. The van der Waals surface area contributed by atoms with Crippen LogP contribution >= 0.6 is 0 Å². The van der Waals surface area contributed by atoms with Crippen LogP contribution in [-0.4, -0.2) is 26.4 Å². The molecule has 5 heteroatoms. The van der Waals surface area contributed by atoms with E-state index in [0.717, 1.165) is 5.39 Å². The molecule has 0 aliphatic heterocycles. The topological polar surface area (TPSA) is 64.3 Å². The lowest BCUT2D eigenvalue weighted by Crippen LogP contribution is -2.26. The van der Waals surface area contributed by atoms with Crippen molar-refractivity contribution in [1.29, 1.82) is 0 Å². The maximum atomic E-state index is 12.0. The second-order valence-corrected chi connectivity index (χ2v) is 5.06. The van der Waals surface area contributed by atoms with Crippen molar-refractivity contribution in [2.75, 3.05) is 0 Å². The predicted molar refractivity (Wildman–Crippen MR) is 67.3 cm³/mol. The normalized spacial score (nSPS) is 11.8. The van der Waals surface area contributed by atoms with Gasteiger partial charge >= 0.3 is 6.09 Å². The SMILES string of the molecule is CC(C)(C)OC(=O)n1cc(CO)c2cnccc21. The van der Waals surface area contributed by atoms with Gasteiger partial charge in [-0.25, -0.2) is 4.79 Å². The maximum Gasteiger partial charge on any atom is 0.419 e. The van der Waals surface area contributed by atoms with E-state index in [0.29, 0.717) is 11.1 Å². The zero-order chi connectivity index (χ0) is 13.3. The second kappa shape index (κ2) is 4.42. The van der Waals surface area contributed by atoms with Gasteiger partial charge in [-0.3, -0.25) is 9.55 Å². The highest BCUT2D eigenvalue weighted by molar-refractivity contribution is 5.91. The number of aliphatic hydroxyl groups excluding tert-OH is 1. The summed E-state index contributed by atoms with van der Waals surface area (Å²) < 4.78 is 6.71. The van der Waals surface area contributed by atoms with Gasteiger partial charge in [-0.2, -0.15) is 0 Å². The van der Waals surface area contributed by atoms with E-state index in [4.69, 9.17) is 4.74 Å². The van der Waals surface area contributed by atoms with Gasteiger partial charge in [-0.15, -0.1) is 0 Å². The number of nitrogens with zero attached hydrogens (tertiary/aromatic N) is 2. The van der Waals surface area contributed by atoms with Gasteiger partial charge in [0.2, 0.25) is 0 Å². The second-order valence-electron chi connectivity index (χ2n) is 5.06. The summed E-state index contributed by atoms with van der Waals surface area (Å²) in [5, 5.41) is 10.0. The first kappa shape index (κ1) is 12.6. The van der Waals surface area contributed by atoms with Crippen LogP contribution in [0.3, 0.4) is 0 Å². The van der Waals surface area contributed by atoms with E-state index in [2.05, 4.69) is 4.98 Å². The average Bonchev–Trinajstić information content (AvgIpc) is 2.65. The Balaban J connectivity index is 2.48. The van der Waals surface area contributed by atoms with Crippen molar-refractivity contribution < 1.29 is 14.6 Å². The molecule has 0 saturated carbocycles. The molecule has 0 aromatic carbocycles. The van der Waals surface area contributed by atoms with Crippen LogP contribution in [0.2, 0.25) is 0 Å². The van der Waals surface area contributed by atoms with Crippen LogP contribution in [0.5, 0.6) is 0 Å². The van der Waals surface area contributed by atoms with E-state index in [9.17, 15) is 9.90 Å². The maximum absolute atomic E-state index is 12.0. The highest BCUT2D eigenvalue weighted by Crippen LogP contribution is 2.21. The van der Waals surface area contributed by atoms with Crippen LogP contribution in [0.15, 0.2) is 24.7 Å². The molecule has 0 amide bonds. The highest BCUT2D eigenvalue weighted by Gasteiger charge is 2.20. The van der Waals surface area contributed by atoms with Crippen LogP contribution in [0, 0.1) is 0 Å². The van der Waals surface area contributed by atoms with Crippen molar-refractivity contribution in [3.63, 3.8) is 0 Å². The van der Waals surface area contributed by atoms with Crippen molar-refractivity contribution in [2.45, 2.75) is 33.0 Å². The van der Waals surface area contributed by atoms with E-state index >= 15 is 0 Å². The van der Waals surface area contributed by atoms with Crippen LogP contribution in [0.4, 0.5) is 4.79 Å². The quantitative estimate of drug-likeness (QED) is 0.841. The van der Waals surface area contributed by atoms with Gasteiger partial charge in [0.25, 0.3) is 0 Å². The lowest BCUT2D eigenvalue weighted by atomic mass is 10.2. The van der Waals surface area contributed by atoms with Gasteiger partial charge in [0.15, 0.2) is 0 Å². The summed E-state index contributed by atoms with van der Waals surface area (Å²) in [6.07, 6.45) is 4.35. The number of hydrogen-bond donors (Lipinski definition) is 1. The minimum Gasteiger partial charge on any atom is -0.443 e. The fraction of sp³-hybridized carbons (Fsp3) is 0.385. The highest BCUT2D eigenvalue weighted by atomic mass is 16.6. The monoisotopic (exact) mass is 248 g/mol. The standard InChI is InChI=1S/C13H16N2O3/c1-13(2,3)18-12(17)15-7-9(8-16)10-6-14-5-4-11(10)15/h4-7,16H,8H2,1-3H3. The van der Waals surface area contributed by atoms with Crippen molar-refractivity contribution in [1.82, 2.24) is 9.55 Å². The molecule has 96 valence electrons. The molecular formula is C13H16N2O3. The summed E-state index contributed by atoms with van der Waals surface area (Å²) in [4.78, 5) is 16.0. The molecule has 0 fully saturated rings. The molecule has 2 aromatic heterocycles. The molecular weight excluding hydrogens is 232 g/mol. The molecule has 0 bridgehead atoms. The number of carbonyl (C=O) groups is 1. The third-order valence-electron chi connectivity index (χ3n) is 2.45. The Kier molecular flexibility index (Phi) is 3.09. The molecule has 0 aliphatic rings. The van der Waals surface area contributed by atoms with Crippen LogP contribution in [-0.2, 0) is 11.3 Å². The first-order valence-corrected chi connectivity index (χ1v) is 5.70. The molecule has 0 saturated heterocycles. The zero-order valence-electron chi connectivity index (χ0n) is 10.7. The first-order chi connectivity index (χ1) is 8.42. The minimum atomic E-state index is -0.555. The van der Waals surface area contributed by atoms with Gasteiger partial charge in [0, 0.05) is 29.5 Å². The number of fused-ring (bicyclic) bond motifs is 1. The van der Waals surface area contributed by atoms with E-state index < -0.39 is 11.7 Å². The van der Waals surface area contributed by atoms with Gasteiger partial charge in [0.1, 0.15) is 5.60 Å². The van der Waals surface area contributed by atoms with E-state index in [1.807, 2.05) is 20.8 Å². The summed E-state index contributed by atoms with van der Waals surface area (Å²) in [5.74, 6) is 0. The molecule has 0 atom stereocenters. The molecule has 0 spiro atoms. The average molecular weight is 248 g/mol. The molecule has 1 N–H and O–H groups in total. The van der Waals surface area contributed by atoms with Crippen LogP contribution < -0.4 is 0 Å². The van der Waals surface area contributed by atoms with E-state index in [1.54, 1.807) is 24.7 Å². The molecule has 0 aliphatic carbocycles. The lowest BCUT2D eigenvalue weighted by Gasteiger charge is -2.19. The number of pyridine rings is 1. The third kappa shape index (κ3) is 2.36. The Morgan fingerprint density at radius 1 is 1.50 bits per heavy atom. The van der Waals surface area contributed by atoms with E-state index in [1.165, 1.54) is 4.57 Å². The fourth-order valence-electron chi connectivity index (χ4n) is 1.73. The van der Waals surface area contributed by atoms with E-state index in [-0.39, 0.29) is 6.61 Å². The fourth-order valence-corrected chi connectivity index (χ4v) is 1.73. The number of hydrogen-bond acceptors (Lipinski definition) is 4. The number of aliphatic hydroxyl groups is 1. The van der Waals surface area contributed by atoms with Crippen molar-refractivity contribution in [3.05, 3.63) is 30.2 Å². The molecule has 5 nitrogen and oxygen atoms in total. The van der Waals surface area contributed by atoms with Crippen molar-refractivity contribution in [2.24, 2.45) is 0 Å². The van der Waals surface area contributed by atoms with Gasteiger partial charge < -0.3 is 9.84 Å². The molecule has 2 aromatic rings. The van der Waals surface area contributed by atoms with Gasteiger partial charge in [0.05, 0.1) is 12.1 Å². The van der Waals surface area contributed by atoms with Crippen LogP contribution in [0.25, 0.3) is 10.9 Å². The molecule has 0 unspecified atom stereocenters. The minimum absolute atomic E-state index is 0.141. The summed E-state index contributed by atoms with van der Waals surface area (Å²) in [6, 6.07) is 1.72. The molecule has 2 heterocycles. The van der Waals surface area contributed by atoms with Crippen molar-refractivity contribution >= 4 is 17.0 Å². The lowest BCUT2D eigenvalue weighted by molar-refractivity contribution is 0.0544. The molecule has 2 rings (SSSR count). The Hall–Kier alpha value is -1.88. The molecule has 18 heavy (non-hydrogen) atoms. The Morgan fingerprint density at radius 3 is 2.83 bits per heavy atom. The van der Waals surface area contributed by atoms with Gasteiger partial charge in [-0.05, 0) is 26.8 Å². The number of rotatable bonds is 1. The number of aromatic nitrogens is 2.